The average molecular weight is 478 g/mol. The molecular weight excluding hydrogens is 458 g/mol. The molecule has 0 unspecified atom stereocenters. The second kappa shape index (κ2) is 7.89. The summed E-state index contributed by atoms with van der Waals surface area (Å²) in [6.45, 7) is 0. The van der Waals surface area contributed by atoms with Crippen molar-refractivity contribution in [3.63, 3.8) is 0 Å². The molecule has 0 aliphatic carbocycles. The lowest BCUT2D eigenvalue weighted by Gasteiger charge is -2.15. The summed E-state index contributed by atoms with van der Waals surface area (Å²) in [5, 5.41) is 16.2. The predicted octanol–water partition coefficient (Wildman–Crippen LogP) is 4.90. The first-order valence-corrected chi connectivity index (χ1v) is 12.0. The molecule has 0 bridgehead atoms. The number of fused-ring (bicyclic) bond motifs is 4. The maximum atomic E-state index is 11.6. The zero-order valence-corrected chi connectivity index (χ0v) is 18.9. The van der Waals surface area contributed by atoms with E-state index in [0.29, 0.717) is 50.3 Å². The molecule has 2 heterocycles. The number of nitrogens with zero attached hydrogens (tertiary/aromatic N) is 2. The normalized spacial score (nSPS) is 11.7. The van der Waals surface area contributed by atoms with Gasteiger partial charge in [-0.15, -0.1) is 0 Å². The van der Waals surface area contributed by atoms with Crippen molar-refractivity contribution in [1.29, 1.82) is 0 Å². The Hall–Kier alpha value is -4.38. The molecule has 0 atom stereocenters. The zero-order chi connectivity index (χ0) is 24.0. The number of H-pyrrole nitrogens is 1. The molecule has 11 heteroatoms. The SMILES string of the molecule is COc1cc(NS(C)(=O)=O)ccc1Nc1c2ccccc2nc2c1[nH]c1ccc([N+](=O)[O-])cc12. The highest BCUT2D eigenvalue weighted by atomic mass is 32.2. The van der Waals surface area contributed by atoms with Crippen LogP contribution in [0.15, 0.2) is 60.7 Å². The quantitative estimate of drug-likeness (QED) is 0.233. The summed E-state index contributed by atoms with van der Waals surface area (Å²) in [5.41, 5.74) is 4.35. The molecule has 3 aromatic carbocycles. The molecule has 0 fully saturated rings. The van der Waals surface area contributed by atoms with Crippen LogP contribution in [0.3, 0.4) is 0 Å². The lowest BCUT2D eigenvalue weighted by Crippen LogP contribution is -2.09. The highest BCUT2D eigenvalue weighted by Gasteiger charge is 2.18. The number of para-hydroxylation sites is 1. The Morgan fingerprint density at radius 3 is 2.59 bits per heavy atom. The maximum absolute atomic E-state index is 11.6. The van der Waals surface area contributed by atoms with Gasteiger partial charge in [-0.25, -0.2) is 13.4 Å². The Balaban J connectivity index is 1.72. The second-order valence-corrected chi connectivity index (χ2v) is 9.50. The first kappa shape index (κ1) is 21.5. The van der Waals surface area contributed by atoms with Crippen molar-refractivity contribution in [1.82, 2.24) is 9.97 Å². The van der Waals surface area contributed by atoms with Gasteiger partial charge in [0.15, 0.2) is 0 Å². The van der Waals surface area contributed by atoms with Gasteiger partial charge in [0.2, 0.25) is 10.0 Å². The number of rotatable bonds is 6. The summed E-state index contributed by atoms with van der Waals surface area (Å²) in [6.07, 6.45) is 1.08. The van der Waals surface area contributed by atoms with E-state index in [-0.39, 0.29) is 5.69 Å². The minimum atomic E-state index is -3.44. The molecule has 5 rings (SSSR count). The van der Waals surface area contributed by atoms with Crippen molar-refractivity contribution < 1.29 is 18.1 Å². The van der Waals surface area contributed by atoms with Crippen molar-refractivity contribution in [2.75, 3.05) is 23.4 Å². The van der Waals surface area contributed by atoms with E-state index in [1.54, 1.807) is 24.3 Å². The van der Waals surface area contributed by atoms with Gasteiger partial charge in [0.1, 0.15) is 5.75 Å². The number of ether oxygens (including phenoxy) is 1. The molecule has 0 radical (unpaired) electrons. The van der Waals surface area contributed by atoms with E-state index in [0.717, 1.165) is 11.6 Å². The molecule has 5 aromatic rings. The number of benzene rings is 3. The largest absolute Gasteiger partial charge is 0.494 e. The van der Waals surface area contributed by atoms with Gasteiger partial charge in [0.05, 0.1) is 51.9 Å². The lowest BCUT2D eigenvalue weighted by atomic mass is 10.1. The molecule has 10 nitrogen and oxygen atoms in total. The standard InChI is InChI=1S/C23H19N5O5S/c1-33-20-11-13(27-34(2,31)32)7-9-19(20)26-21-15-5-3-4-6-17(15)24-22-16-12-14(28(29)30)8-10-18(16)25-23(21)22/h3-12,25,27H,1-2H3,(H,24,26). The first-order chi connectivity index (χ1) is 16.2. The van der Waals surface area contributed by atoms with Crippen LogP contribution in [0.5, 0.6) is 5.75 Å². The smallest absolute Gasteiger partial charge is 0.270 e. The van der Waals surface area contributed by atoms with Gasteiger partial charge in [0, 0.05) is 34.5 Å². The summed E-state index contributed by atoms with van der Waals surface area (Å²) in [4.78, 5) is 19.0. The third kappa shape index (κ3) is 3.82. The fourth-order valence-corrected chi connectivity index (χ4v) is 4.51. The number of nitrogens with one attached hydrogen (secondary N) is 3. The fraction of sp³-hybridized carbons (Fsp3) is 0.0870. The van der Waals surface area contributed by atoms with Gasteiger partial charge in [-0.3, -0.25) is 14.8 Å². The van der Waals surface area contributed by atoms with Crippen molar-refractivity contribution >= 4 is 65.6 Å². The highest BCUT2D eigenvalue weighted by Crippen LogP contribution is 2.39. The molecule has 0 spiro atoms. The molecule has 0 saturated carbocycles. The third-order valence-corrected chi connectivity index (χ3v) is 5.99. The number of aromatic amines is 1. The van der Waals surface area contributed by atoms with Gasteiger partial charge in [-0.1, -0.05) is 18.2 Å². The van der Waals surface area contributed by atoms with Crippen LogP contribution in [0.2, 0.25) is 0 Å². The number of non-ortho nitro benzene ring substituents is 1. The summed E-state index contributed by atoms with van der Waals surface area (Å²) >= 11 is 0. The van der Waals surface area contributed by atoms with Gasteiger partial charge in [-0.2, -0.15) is 0 Å². The predicted molar refractivity (Wildman–Crippen MR) is 133 cm³/mol. The summed E-state index contributed by atoms with van der Waals surface area (Å²) < 4.78 is 31.1. The van der Waals surface area contributed by atoms with E-state index in [1.165, 1.54) is 19.2 Å². The number of methoxy groups -OCH3 is 1. The van der Waals surface area contributed by atoms with E-state index in [4.69, 9.17) is 9.72 Å². The lowest BCUT2D eigenvalue weighted by molar-refractivity contribution is -0.384. The molecular formula is C23H19N5O5S. The van der Waals surface area contributed by atoms with Crippen LogP contribution < -0.4 is 14.8 Å². The molecule has 0 aliphatic rings. The summed E-state index contributed by atoms with van der Waals surface area (Å²) in [6, 6.07) is 17.1. The van der Waals surface area contributed by atoms with E-state index < -0.39 is 14.9 Å². The minimum Gasteiger partial charge on any atom is -0.494 e. The van der Waals surface area contributed by atoms with Crippen LogP contribution >= 0.6 is 0 Å². The molecule has 0 amide bonds. The highest BCUT2D eigenvalue weighted by molar-refractivity contribution is 7.92. The van der Waals surface area contributed by atoms with Crippen LogP contribution in [0.1, 0.15) is 0 Å². The molecule has 2 aromatic heterocycles. The van der Waals surface area contributed by atoms with Crippen LogP contribution in [0, 0.1) is 10.1 Å². The number of hydrogen-bond donors (Lipinski definition) is 3. The van der Waals surface area contributed by atoms with Gasteiger partial charge in [-0.05, 0) is 24.3 Å². The van der Waals surface area contributed by atoms with E-state index in [9.17, 15) is 18.5 Å². The topological polar surface area (TPSA) is 139 Å². The molecule has 0 aliphatic heterocycles. The molecule has 34 heavy (non-hydrogen) atoms. The Morgan fingerprint density at radius 2 is 1.85 bits per heavy atom. The van der Waals surface area contributed by atoms with Crippen LogP contribution in [-0.4, -0.2) is 36.7 Å². The van der Waals surface area contributed by atoms with E-state index in [1.807, 2.05) is 24.3 Å². The Bertz CT molecular complexity index is 1710. The second-order valence-electron chi connectivity index (χ2n) is 7.75. The Kier molecular flexibility index (Phi) is 4.98. The summed E-state index contributed by atoms with van der Waals surface area (Å²) in [5.74, 6) is 0.425. The average Bonchev–Trinajstić information content (AvgIpc) is 3.16. The van der Waals surface area contributed by atoms with E-state index in [2.05, 4.69) is 15.0 Å². The van der Waals surface area contributed by atoms with E-state index >= 15 is 0 Å². The monoisotopic (exact) mass is 477 g/mol. The van der Waals surface area contributed by atoms with Gasteiger partial charge < -0.3 is 15.0 Å². The van der Waals surface area contributed by atoms with Gasteiger partial charge in [0.25, 0.3) is 5.69 Å². The number of nitro groups is 1. The molecule has 172 valence electrons. The Labute approximate surface area is 193 Å². The number of hydrogen-bond acceptors (Lipinski definition) is 7. The molecule has 3 N–H and O–H groups in total. The van der Waals surface area contributed by atoms with Crippen molar-refractivity contribution in [2.45, 2.75) is 0 Å². The van der Waals surface area contributed by atoms with Crippen molar-refractivity contribution in [3.8, 4) is 5.75 Å². The number of aromatic nitrogens is 2. The van der Waals surface area contributed by atoms with Crippen molar-refractivity contribution in [2.24, 2.45) is 0 Å². The molecule has 0 saturated heterocycles. The number of nitro benzene ring substituents is 1. The van der Waals surface area contributed by atoms with Gasteiger partial charge >= 0.3 is 0 Å². The fourth-order valence-electron chi connectivity index (χ4n) is 3.95. The summed E-state index contributed by atoms with van der Waals surface area (Å²) in [7, 11) is -1.95. The minimum absolute atomic E-state index is 0.0199. The maximum Gasteiger partial charge on any atom is 0.270 e. The zero-order valence-electron chi connectivity index (χ0n) is 18.1. The van der Waals surface area contributed by atoms with Crippen LogP contribution in [0.25, 0.3) is 32.8 Å². The van der Waals surface area contributed by atoms with Crippen LogP contribution in [-0.2, 0) is 10.0 Å². The van der Waals surface area contributed by atoms with Crippen molar-refractivity contribution in [3.05, 3.63) is 70.8 Å². The van der Waals surface area contributed by atoms with Crippen LogP contribution in [0.4, 0.5) is 22.7 Å². The number of anilines is 3. The third-order valence-electron chi connectivity index (χ3n) is 5.39. The number of sulfonamides is 1. The Morgan fingerprint density at radius 1 is 1.06 bits per heavy atom. The number of pyridine rings is 1. The first-order valence-electron chi connectivity index (χ1n) is 10.1.